The fourth-order valence-corrected chi connectivity index (χ4v) is 0.605. The van der Waals surface area contributed by atoms with E-state index in [2.05, 4.69) is 4.98 Å². The highest BCUT2D eigenvalue weighted by Gasteiger charge is 2.03. The topological polar surface area (TPSA) is 70.2 Å². The molecule has 4 nitrogen and oxygen atoms in total. The summed E-state index contributed by atoms with van der Waals surface area (Å²) in [6, 6.07) is 2.75. The molecule has 0 aliphatic rings. The fourth-order valence-electron chi connectivity index (χ4n) is 0.605. The zero-order valence-electron chi connectivity index (χ0n) is 5.00. The Morgan fingerprint density at radius 2 is 2.30 bits per heavy atom. The van der Waals surface area contributed by atoms with E-state index in [-0.39, 0.29) is 11.4 Å². The van der Waals surface area contributed by atoms with Crippen LogP contribution in [-0.2, 0) is 0 Å². The molecule has 0 aromatic carbocycles. The van der Waals surface area contributed by atoms with Crippen LogP contribution >= 0.6 is 0 Å². The number of carbonyl (C=O) groups is 2. The molecule has 0 unspecified atom stereocenters. The first kappa shape index (κ1) is 6.54. The van der Waals surface area contributed by atoms with Crippen LogP contribution in [0.4, 0.5) is 0 Å². The second kappa shape index (κ2) is 2.34. The molecule has 0 aliphatic carbocycles. The van der Waals surface area contributed by atoms with E-state index in [1.54, 1.807) is 0 Å². The average molecular weight is 139 g/mol. The van der Waals surface area contributed by atoms with Crippen molar-refractivity contribution in [3.63, 3.8) is 0 Å². The molecule has 0 saturated heterocycles. The molecule has 0 fully saturated rings. The molecule has 1 heterocycles. The Kier molecular flexibility index (Phi) is 1.53. The third-order valence-corrected chi connectivity index (χ3v) is 1.07. The van der Waals surface area contributed by atoms with Gasteiger partial charge in [0.2, 0.25) is 0 Å². The molecule has 4 heteroatoms. The van der Waals surface area contributed by atoms with Crippen molar-refractivity contribution in [3.05, 3.63) is 23.5 Å². The molecule has 0 bridgehead atoms. The van der Waals surface area contributed by atoms with Gasteiger partial charge in [0.25, 0.3) is 0 Å². The number of hydrogen-bond donors (Lipinski definition) is 2. The van der Waals surface area contributed by atoms with E-state index in [4.69, 9.17) is 5.11 Å². The first-order valence-electron chi connectivity index (χ1n) is 2.61. The molecule has 0 atom stereocenters. The minimum Gasteiger partial charge on any atom is -0.477 e. The number of carboxylic acids is 1. The summed E-state index contributed by atoms with van der Waals surface area (Å²) in [6.45, 7) is 0. The van der Waals surface area contributed by atoms with E-state index >= 15 is 0 Å². The lowest BCUT2D eigenvalue weighted by Crippen LogP contribution is -1.95. The lowest BCUT2D eigenvalue weighted by atomic mass is 10.4. The number of aldehydes is 1. The Labute approximate surface area is 56.5 Å². The number of carbonyl (C=O) groups excluding carboxylic acids is 1. The molecule has 10 heavy (non-hydrogen) atoms. The summed E-state index contributed by atoms with van der Waals surface area (Å²) >= 11 is 0. The summed E-state index contributed by atoms with van der Waals surface area (Å²) < 4.78 is 0. The van der Waals surface area contributed by atoms with Crippen molar-refractivity contribution in [2.24, 2.45) is 0 Å². The van der Waals surface area contributed by atoms with E-state index in [1.807, 2.05) is 0 Å². The Bertz CT molecular complexity index is 264. The van der Waals surface area contributed by atoms with Gasteiger partial charge in [0.15, 0.2) is 6.29 Å². The molecule has 0 saturated carbocycles. The third kappa shape index (κ3) is 1.05. The first-order valence-corrected chi connectivity index (χ1v) is 2.61. The number of nitrogens with one attached hydrogen (secondary N) is 1. The second-order valence-corrected chi connectivity index (χ2v) is 1.75. The third-order valence-electron chi connectivity index (χ3n) is 1.07. The van der Waals surface area contributed by atoms with Gasteiger partial charge < -0.3 is 10.1 Å². The molecular formula is C6H5NO3. The van der Waals surface area contributed by atoms with Crippen LogP contribution in [0.1, 0.15) is 21.0 Å². The van der Waals surface area contributed by atoms with Crippen LogP contribution in [0.2, 0.25) is 0 Å². The van der Waals surface area contributed by atoms with Crippen molar-refractivity contribution in [2.45, 2.75) is 0 Å². The molecule has 1 aromatic heterocycles. The van der Waals surface area contributed by atoms with E-state index < -0.39 is 5.97 Å². The lowest BCUT2D eigenvalue weighted by Gasteiger charge is -1.83. The molecule has 0 aliphatic heterocycles. The van der Waals surface area contributed by atoms with Gasteiger partial charge in [-0.1, -0.05) is 0 Å². The smallest absolute Gasteiger partial charge is 0.352 e. The SMILES string of the molecule is O=Cc1ccc(C(=O)O)[nH]1. The molecule has 52 valence electrons. The van der Waals surface area contributed by atoms with Crippen molar-refractivity contribution in [1.29, 1.82) is 0 Å². The van der Waals surface area contributed by atoms with Crippen molar-refractivity contribution in [3.8, 4) is 0 Å². The van der Waals surface area contributed by atoms with E-state index in [0.29, 0.717) is 6.29 Å². The molecular weight excluding hydrogens is 134 g/mol. The summed E-state index contributed by atoms with van der Waals surface area (Å²) in [7, 11) is 0. The quantitative estimate of drug-likeness (QED) is 0.587. The van der Waals surface area contributed by atoms with Gasteiger partial charge in [-0.15, -0.1) is 0 Å². The van der Waals surface area contributed by atoms with Crippen LogP contribution in [0.15, 0.2) is 12.1 Å². The molecule has 0 radical (unpaired) electrons. The minimum atomic E-state index is -1.06. The second-order valence-electron chi connectivity index (χ2n) is 1.75. The van der Waals surface area contributed by atoms with Crippen LogP contribution in [0.3, 0.4) is 0 Å². The van der Waals surface area contributed by atoms with E-state index in [9.17, 15) is 9.59 Å². The standard InChI is InChI=1S/C6H5NO3/c8-3-4-1-2-5(7-4)6(9)10/h1-3,7H,(H,9,10). The first-order chi connectivity index (χ1) is 4.74. The normalized spacial score (nSPS) is 9.20. The van der Waals surface area contributed by atoms with Gasteiger partial charge in [0, 0.05) is 0 Å². The van der Waals surface area contributed by atoms with Gasteiger partial charge in [-0.3, -0.25) is 4.79 Å². The summed E-state index contributed by atoms with van der Waals surface area (Å²) in [5.41, 5.74) is 0.305. The Balaban J connectivity index is 2.98. The number of carboxylic acid groups (broad SMARTS) is 1. The maximum atomic E-state index is 10.2. The molecule has 1 rings (SSSR count). The highest BCUT2D eigenvalue weighted by atomic mass is 16.4. The summed E-state index contributed by atoms with van der Waals surface area (Å²) in [5.74, 6) is -1.06. The van der Waals surface area contributed by atoms with E-state index in [1.165, 1.54) is 12.1 Å². The zero-order valence-corrected chi connectivity index (χ0v) is 5.00. The number of H-pyrrole nitrogens is 1. The summed E-state index contributed by atoms with van der Waals surface area (Å²) in [4.78, 5) is 22.6. The van der Waals surface area contributed by atoms with Crippen molar-refractivity contribution in [1.82, 2.24) is 4.98 Å². The van der Waals surface area contributed by atoms with Crippen molar-refractivity contribution in [2.75, 3.05) is 0 Å². The Morgan fingerprint density at radius 1 is 1.60 bits per heavy atom. The van der Waals surface area contributed by atoms with E-state index in [0.717, 1.165) is 0 Å². The Morgan fingerprint density at radius 3 is 2.60 bits per heavy atom. The van der Waals surface area contributed by atoms with Crippen molar-refractivity contribution < 1.29 is 14.7 Å². The predicted octanol–water partition coefficient (Wildman–Crippen LogP) is 0.525. The Hall–Kier alpha value is -1.58. The van der Waals surface area contributed by atoms with Gasteiger partial charge >= 0.3 is 5.97 Å². The highest BCUT2D eigenvalue weighted by Crippen LogP contribution is 1.98. The lowest BCUT2D eigenvalue weighted by molar-refractivity contribution is 0.0691. The van der Waals surface area contributed by atoms with Crippen LogP contribution in [0, 0.1) is 0 Å². The van der Waals surface area contributed by atoms with Crippen LogP contribution in [0.25, 0.3) is 0 Å². The van der Waals surface area contributed by atoms with Crippen LogP contribution in [0.5, 0.6) is 0 Å². The van der Waals surface area contributed by atoms with Gasteiger partial charge in [0.05, 0.1) is 5.69 Å². The molecule has 0 spiro atoms. The number of rotatable bonds is 2. The number of aromatic nitrogens is 1. The largest absolute Gasteiger partial charge is 0.477 e. The maximum Gasteiger partial charge on any atom is 0.352 e. The maximum absolute atomic E-state index is 10.2. The predicted molar refractivity (Wildman–Crippen MR) is 33.1 cm³/mol. The molecule has 2 N–H and O–H groups in total. The number of aromatic amines is 1. The minimum absolute atomic E-state index is 0.0297. The van der Waals surface area contributed by atoms with Crippen LogP contribution < -0.4 is 0 Å². The summed E-state index contributed by atoms with van der Waals surface area (Å²) in [5, 5.41) is 8.35. The fraction of sp³-hybridized carbons (Fsp3) is 0. The average Bonchev–Trinajstić information content (AvgIpc) is 2.34. The number of hydrogen-bond acceptors (Lipinski definition) is 2. The van der Waals surface area contributed by atoms with Gasteiger partial charge in [-0.2, -0.15) is 0 Å². The monoisotopic (exact) mass is 139 g/mol. The highest BCUT2D eigenvalue weighted by molar-refractivity contribution is 5.87. The van der Waals surface area contributed by atoms with Crippen LogP contribution in [-0.4, -0.2) is 22.3 Å². The number of aromatic carboxylic acids is 1. The molecule has 1 aromatic rings. The van der Waals surface area contributed by atoms with Gasteiger partial charge in [0.1, 0.15) is 5.69 Å². The van der Waals surface area contributed by atoms with Gasteiger partial charge in [-0.05, 0) is 12.1 Å². The van der Waals surface area contributed by atoms with Crippen molar-refractivity contribution >= 4 is 12.3 Å². The molecule has 0 amide bonds. The van der Waals surface area contributed by atoms with Gasteiger partial charge in [-0.25, -0.2) is 4.79 Å². The zero-order chi connectivity index (χ0) is 7.56. The summed E-state index contributed by atoms with van der Waals surface area (Å²) in [6.07, 6.45) is 0.562.